The van der Waals surface area contributed by atoms with E-state index in [4.69, 9.17) is 11.6 Å². The fraction of sp³-hybridized carbons (Fsp3) is 0.350. The van der Waals surface area contributed by atoms with Crippen LogP contribution in [0.3, 0.4) is 0 Å². The van der Waals surface area contributed by atoms with E-state index >= 15 is 0 Å². The number of nitrogens with one attached hydrogen (secondary N) is 1. The Hall–Kier alpha value is -2.63. The zero-order chi connectivity index (χ0) is 22.5. The van der Waals surface area contributed by atoms with E-state index in [9.17, 15) is 9.59 Å². The number of hydrogen-bond donors (Lipinski definition) is 1. The molecule has 1 saturated heterocycles. The summed E-state index contributed by atoms with van der Waals surface area (Å²) in [5.74, 6) is 0.278. The maximum Gasteiger partial charge on any atom is 0.311 e. The Morgan fingerprint density at radius 2 is 2.09 bits per heavy atom. The molecular weight excluding hydrogens is 472 g/mol. The summed E-state index contributed by atoms with van der Waals surface area (Å²) in [7, 11) is 1.33. The number of anilines is 2. The third-order valence-electron chi connectivity index (χ3n) is 4.76. The van der Waals surface area contributed by atoms with Crippen molar-refractivity contribution in [2.45, 2.75) is 24.4 Å². The van der Waals surface area contributed by atoms with Gasteiger partial charge in [0, 0.05) is 23.5 Å². The van der Waals surface area contributed by atoms with Gasteiger partial charge in [-0.05, 0) is 31.0 Å². The topological polar surface area (TPSA) is 102 Å². The van der Waals surface area contributed by atoms with Crippen molar-refractivity contribution < 1.29 is 14.3 Å². The number of halogens is 1. The van der Waals surface area contributed by atoms with Crippen molar-refractivity contribution in [1.82, 2.24) is 19.7 Å². The fourth-order valence-electron chi connectivity index (χ4n) is 3.27. The summed E-state index contributed by atoms with van der Waals surface area (Å²) in [4.78, 5) is 30.3. The summed E-state index contributed by atoms with van der Waals surface area (Å²) in [6.45, 7) is 1.84. The molecule has 1 amide bonds. The minimum Gasteiger partial charge on any atom is -0.469 e. The van der Waals surface area contributed by atoms with Crippen molar-refractivity contribution in [1.29, 1.82) is 0 Å². The van der Waals surface area contributed by atoms with Crippen molar-refractivity contribution in [3.63, 3.8) is 0 Å². The molecule has 2 aromatic heterocycles. The van der Waals surface area contributed by atoms with Gasteiger partial charge in [0.05, 0.1) is 30.7 Å². The van der Waals surface area contributed by atoms with Crippen LogP contribution in [0.25, 0.3) is 5.69 Å². The van der Waals surface area contributed by atoms with Crippen molar-refractivity contribution in [3.8, 4) is 5.69 Å². The molecule has 1 N–H and O–H groups in total. The Morgan fingerprint density at radius 1 is 1.28 bits per heavy atom. The van der Waals surface area contributed by atoms with Crippen molar-refractivity contribution in [3.05, 3.63) is 40.4 Å². The monoisotopic (exact) mass is 492 g/mol. The quantitative estimate of drug-likeness (QED) is 0.377. The molecule has 0 aliphatic carbocycles. The zero-order valence-electron chi connectivity index (χ0n) is 17.3. The molecule has 9 nitrogen and oxygen atoms in total. The van der Waals surface area contributed by atoms with Crippen LogP contribution in [0.15, 0.2) is 34.8 Å². The summed E-state index contributed by atoms with van der Waals surface area (Å²) in [5.41, 5.74) is 1.40. The van der Waals surface area contributed by atoms with E-state index in [0.29, 0.717) is 21.0 Å². The number of hydrogen-bond acceptors (Lipinski definition) is 9. The molecule has 0 spiro atoms. The second-order valence-corrected chi connectivity index (χ2v) is 9.26. The number of esters is 1. The number of carbonyl (C=O) groups excluding carboxylic acids is 2. The van der Waals surface area contributed by atoms with Crippen LogP contribution in [0, 0.1) is 0 Å². The molecule has 0 saturated carbocycles. The maximum atomic E-state index is 12.5. The first kappa shape index (κ1) is 22.6. The SMILES string of the molecule is COC(=O)Cc1csc(NC(=O)CSc2nnc(N3CCCC3)n2-c2cccc(Cl)c2)n1. The van der Waals surface area contributed by atoms with Crippen LogP contribution in [0.5, 0.6) is 0 Å². The molecule has 1 aliphatic rings. The van der Waals surface area contributed by atoms with Crippen molar-refractivity contribution >= 4 is 57.7 Å². The Labute approximate surface area is 198 Å². The molecule has 1 aliphatic heterocycles. The third-order valence-corrected chi connectivity index (χ3v) is 6.73. The van der Waals surface area contributed by atoms with E-state index < -0.39 is 0 Å². The molecule has 3 heterocycles. The molecule has 168 valence electrons. The summed E-state index contributed by atoms with van der Waals surface area (Å²) in [5, 5.41) is 14.9. The van der Waals surface area contributed by atoms with Gasteiger partial charge in [-0.15, -0.1) is 21.5 Å². The van der Waals surface area contributed by atoms with Gasteiger partial charge in [0.15, 0.2) is 10.3 Å². The van der Waals surface area contributed by atoms with Gasteiger partial charge in [-0.2, -0.15) is 0 Å². The minimum atomic E-state index is -0.377. The molecule has 4 rings (SSSR count). The average molecular weight is 493 g/mol. The van der Waals surface area contributed by atoms with E-state index in [1.165, 1.54) is 30.2 Å². The lowest BCUT2D eigenvalue weighted by Gasteiger charge is -2.18. The molecule has 1 aromatic carbocycles. The Kier molecular flexibility index (Phi) is 7.28. The van der Waals surface area contributed by atoms with Gasteiger partial charge in [0.1, 0.15) is 0 Å². The lowest BCUT2D eigenvalue weighted by atomic mass is 10.3. The molecule has 1 fully saturated rings. The molecule has 0 radical (unpaired) electrons. The predicted octanol–water partition coefficient (Wildman–Crippen LogP) is 3.42. The van der Waals surface area contributed by atoms with Gasteiger partial charge < -0.3 is 15.0 Å². The smallest absolute Gasteiger partial charge is 0.311 e. The molecule has 0 unspecified atom stereocenters. The van der Waals surface area contributed by atoms with Gasteiger partial charge in [0.25, 0.3) is 0 Å². The highest BCUT2D eigenvalue weighted by Gasteiger charge is 2.23. The molecular formula is C20H21ClN6O3S2. The molecule has 32 heavy (non-hydrogen) atoms. The lowest BCUT2D eigenvalue weighted by Crippen LogP contribution is -2.22. The number of amides is 1. The highest BCUT2D eigenvalue weighted by molar-refractivity contribution is 7.99. The number of nitrogens with zero attached hydrogens (tertiary/aromatic N) is 5. The predicted molar refractivity (Wildman–Crippen MR) is 125 cm³/mol. The van der Waals surface area contributed by atoms with E-state index in [0.717, 1.165) is 37.6 Å². The van der Waals surface area contributed by atoms with Crippen LogP contribution in [0.1, 0.15) is 18.5 Å². The largest absolute Gasteiger partial charge is 0.469 e. The first-order valence-electron chi connectivity index (χ1n) is 9.93. The van der Waals surface area contributed by atoms with Crippen molar-refractivity contribution in [2.75, 3.05) is 36.2 Å². The summed E-state index contributed by atoms with van der Waals surface area (Å²) in [6.07, 6.45) is 2.29. The summed E-state index contributed by atoms with van der Waals surface area (Å²) >= 11 is 8.76. The number of thioether (sulfide) groups is 1. The molecule has 0 bridgehead atoms. The van der Waals surface area contributed by atoms with Gasteiger partial charge in [-0.1, -0.05) is 29.4 Å². The fourth-order valence-corrected chi connectivity index (χ4v) is 4.93. The highest BCUT2D eigenvalue weighted by Crippen LogP contribution is 2.29. The van der Waals surface area contributed by atoms with Gasteiger partial charge in [0.2, 0.25) is 11.9 Å². The maximum absolute atomic E-state index is 12.5. The summed E-state index contributed by atoms with van der Waals surface area (Å²) in [6, 6.07) is 7.49. The van der Waals surface area contributed by atoms with Crippen LogP contribution in [0.4, 0.5) is 11.1 Å². The van der Waals surface area contributed by atoms with Gasteiger partial charge in [-0.3, -0.25) is 14.2 Å². The molecule has 12 heteroatoms. The van der Waals surface area contributed by atoms with Crippen LogP contribution < -0.4 is 10.2 Å². The lowest BCUT2D eigenvalue weighted by molar-refractivity contribution is -0.139. The highest BCUT2D eigenvalue weighted by atomic mass is 35.5. The Balaban J connectivity index is 1.46. The second-order valence-electron chi connectivity index (χ2n) is 7.03. The molecule has 0 atom stereocenters. The van der Waals surface area contributed by atoms with Gasteiger partial charge >= 0.3 is 5.97 Å². The van der Waals surface area contributed by atoms with Crippen LogP contribution in [0.2, 0.25) is 5.02 Å². The number of benzene rings is 1. The standard InChI is InChI=1S/C20H21ClN6O3S2/c1-30-17(29)10-14-11-31-18(22-14)23-16(28)12-32-20-25-24-19(26-7-2-3-8-26)27(20)15-6-4-5-13(21)9-15/h4-6,9,11H,2-3,7-8,10,12H2,1H3,(H,22,23,28). The van der Waals surface area contributed by atoms with E-state index in [-0.39, 0.29) is 24.1 Å². The van der Waals surface area contributed by atoms with E-state index in [1.807, 2.05) is 28.8 Å². The zero-order valence-corrected chi connectivity index (χ0v) is 19.7. The summed E-state index contributed by atoms with van der Waals surface area (Å²) < 4.78 is 6.57. The van der Waals surface area contributed by atoms with Crippen molar-refractivity contribution in [2.24, 2.45) is 0 Å². The number of methoxy groups -OCH3 is 1. The van der Waals surface area contributed by atoms with Gasteiger partial charge in [-0.25, -0.2) is 4.98 Å². The van der Waals surface area contributed by atoms with Crippen LogP contribution in [-0.2, 0) is 20.7 Å². The number of ether oxygens (including phenoxy) is 1. The van der Waals surface area contributed by atoms with E-state index in [2.05, 4.69) is 30.1 Å². The third kappa shape index (κ3) is 5.40. The van der Waals surface area contributed by atoms with E-state index in [1.54, 1.807) is 5.38 Å². The first-order valence-corrected chi connectivity index (χ1v) is 12.2. The average Bonchev–Trinajstić information content (AvgIpc) is 3.53. The normalized spacial score (nSPS) is 13.4. The number of aromatic nitrogens is 4. The number of rotatable bonds is 8. The Bertz CT molecular complexity index is 1110. The molecule has 3 aromatic rings. The van der Waals surface area contributed by atoms with Crippen LogP contribution in [-0.4, -0.2) is 57.6 Å². The second kappa shape index (κ2) is 10.3. The number of carbonyl (C=O) groups is 2. The Morgan fingerprint density at radius 3 is 2.84 bits per heavy atom. The van der Waals surface area contributed by atoms with Crippen LogP contribution >= 0.6 is 34.7 Å². The number of thiazole rings is 1. The minimum absolute atomic E-state index is 0.0691. The first-order chi connectivity index (χ1) is 15.5.